The van der Waals surface area contributed by atoms with E-state index in [0.29, 0.717) is 32.3 Å². The molecule has 0 saturated heterocycles. The maximum atomic E-state index is 6.12. The molecule has 2 aromatic carbocycles. The molecule has 0 unspecified atom stereocenters. The Bertz CT molecular complexity index is 907. The van der Waals surface area contributed by atoms with Crippen LogP contribution in [0.5, 0.6) is 5.75 Å². The Balaban J connectivity index is 1.79. The van der Waals surface area contributed by atoms with Gasteiger partial charge in [0.05, 0.1) is 29.0 Å². The van der Waals surface area contributed by atoms with Gasteiger partial charge in [0, 0.05) is 10.7 Å². The molecule has 9 heteroatoms. The average molecular weight is 397 g/mol. The van der Waals surface area contributed by atoms with Crippen LogP contribution in [0.1, 0.15) is 0 Å². The molecule has 0 fully saturated rings. The Hall–Kier alpha value is -2.28. The number of ether oxygens (including phenoxy) is 1. The van der Waals surface area contributed by atoms with Gasteiger partial charge in [0.2, 0.25) is 5.95 Å². The van der Waals surface area contributed by atoms with Crippen LogP contribution >= 0.6 is 34.8 Å². The number of aromatic nitrogens is 3. The summed E-state index contributed by atoms with van der Waals surface area (Å²) in [6, 6.07) is 10.3. The van der Waals surface area contributed by atoms with Crippen LogP contribution in [-0.4, -0.2) is 22.3 Å². The highest BCUT2D eigenvalue weighted by molar-refractivity contribution is 6.35. The van der Waals surface area contributed by atoms with Crippen LogP contribution in [0.25, 0.3) is 0 Å². The van der Waals surface area contributed by atoms with E-state index in [4.69, 9.17) is 39.5 Å². The minimum absolute atomic E-state index is 0.272. The molecule has 6 nitrogen and oxygen atoms in total. The molecule has 0 amide bonds. The Morgan fingerprint density at radius 3 is 2.56 bits per heavy atom. The van der Waals surface area contributed by atoms with Crippen molar-refractivity contribution in [1.29, 1.82) is 0 Å². The second-order valence-corrected chi connectivity index (χ2v) is 6.14. The third-order valence-corrected chi connectivity index (χ3v) is 4.02. The zero-order valence-electron chi connectivity index (χ0n) is 12.9. The van der Waals surface area contributed by atoms with Gasteiger partial charge in [0.25, 0.3) is 0 Å². The molecular weight excluding hydrogens is 385 g/mol. The number of nitrogens with zero attached hydrogens (tertiary/aromatic N) is 3. The molecule has 25 heavy (non-hydrogen) atoms. The third-order valence-electron chi connectivity index (χ3n) is 3.16. The zero-order valence-corrected chi connectivity index (χ0v) is 15.2. The van der Waals surface area contributed by atoms with E-state index in [1.165, 1.54) is 6.20 Å². The first kappa shape index (κ1) is 17.5. The van der Waals surface area contributed by atoms with Crippen LogP contribution in [-0.2, 0) is 0 Å². The summed E-state index contributed by atoms with van der Waals surface area (Å²) in [4.78, 5) is 4.33. The molecule has 0 aliphatic carbocycles. The molecule has 0 saturated carbocycles. The Labute approximate surface area is 159 Å². The first-order valence-electron chi connectivity index (χ1n) is 7.07. The summed E-state index contributed by atoms with van der Waals surface area (Å²) in [6.07, 6.45) is 1.49. The lowest BCUT2D eigenvalue weighted by Crippen LogP contribution is -2.02. The molecule has 0 radical (unpaired) electrons. The average Bonchev–Trinajstić information content (AvgIpc) is 2.59. The first-order chi connectivity index (χ1) is 12.0. The van der Waals surface area contributed by atoms with Crippen molar-refractivity contribution in [2.75, 3.05) is 17.7 Å². The van der Waals surface area contributed by atoms with Crippen molar-refractivity contribution < 1.29 is 4.74 Å². The van der Waals surface area contributed by atoms with Crippen molar-refractivity contribution in [3.05, 3.63) is 57.7 Å². The van der Waals surface area contributed by atoms with Gasteiger partial charge >= 0.3 is 0 Å². The normalized spacial score (nSPS) is 10.4. The van der Waals surface area contributed by atoms with Gasteiger partial charge < -0.3 is 15.4 Å². The summed E-state index contributed by atoms with van der Waals surface area (Å²) in [7, 11) is 1.56. The standard InChI is InChI=1S/C16H12Cl3N5O/c1-25-14-5-3-10(7-12(14)19)21-15-8-20-24-16(23-15)22-13-6-9(17)2-4-11(13)18/h2-8H,1H3,(H2,21,22,23,24). The van der Waals surface area contributed by atoms with Gasteiger partial charge in [-0.2, -0.15) is 10.1 Å². The van der Waals surface area contributed by atoms with E-state index in [1.807, 2.05) is 6.07 Å². The number of halogens is 3. The van der Waals surface area contributed by atoms with Crippen molar-refractivity contribution in [1.82, 2.24) is 15.2 Å². The minimum Gasteiger partial charge on any atom is -0.495 e. The van der Waals surface area contributed by atoms with Crippen LogP contribution in [0.3, 0.4) is 0 Å². The van der Waals surface area contributed by atoms with E-state index in [-0.39, 0.29) is 5.95 Å². The van der Waals surface area contributed by atoms with Gasteiger partial charge in [-0.3, -0.25) is 0 Å². The summed E-state index contributed by atoms with van der Waals surface area (Å²) in [5.74, 6) is 1.34. The van der Waals surface area contributed by atoms with Crippen LogP contribution in [0.4, 0.5) is 23.1 Å². The fourth-order valence-electron chi connectivity index (χ4n) is 2.02. The smallest absolute Gasteiger partial charge is 0.249 e. The highest BCUT2D eigenvalue weighted by Gasteiger charge is 2.07. The molecular formula is C16H12Cl3N5O. The molecule has 128 valence electrons. The molecule has 2 N–H and O–H groups in total. The van der Waals surface area contributed by atoms with Crippen LogP contribution < -0.4 is 15.4 Å². The van der Waals surface area contributed by atoms with Crippen molar-refractivity contribution in [3.8, 4) is 5.75 Å². The van der Waals surface area contributed by atoms with Gasteiger partial charge in [0.15, 0.2) is 5.82 Å². The van der Waals surface area contributed by atoms with Crippen molar-refractivity contribution in [3.63, 3.8) is 0 Å². The molecule has 0 aliphatic rings. The predicted octanol–water partition coefficient (Wildman–Crippen LogP) is 5.33. The fourth-order valence-corrected chi connectivity index (χ4v) is 2.62. The van der Waals surface area contributed by atoms with E-state index in [1.54, 1.807) is 37.4 Å². The van der Waals surface area contributed by atoms with Crippen molar-refractivity contribution >= 4 is 57.9 Å². The second kappa shape index (κ2) is 7.74. The van der Waals surface area contributed by atoms with Crippen LogP contribution in [0, 0.1) is 0 Å². The number of methoxy groups -OCH3 is 1. The zero-order chi connectivity index (χ0) is 17.8. The molecule has 1 aromatic heterocycles. The molecule has 0 spiro atoms. The molecule has 0 bridgehead atoms. The number of rotatable bonds is 5. The summed E-state index contributed by atoms with van der Waals surface area (Å²) >= 11 is 18.2. The van der Waals surface area contributed by atoms with Gasteiger partial charge in [-0.15, -0.1) is 5.10 Å². The monoisotopic (exact) mass is 395 g/mol. The Morgan fingerprint density at radius 1 is 0.960 bits per heavy atom. The highest BCUT2D eigenvalue weighted by atomic mass is 35.5. The summed E-state index contributed by atoms with van der Waals surface area (Å²) in [5.41, 5.74) is 1.32. The van der Waals surface area contributed by atoms with E-state index in [0.717, 1.165) is 5.69 Å². The van der Waals surface area contributed by atoms with Crippen molar-refractivity contribution in [2.24, 2.45) is 0 Å². The van der Waals surface area contributed by atoms with E-state index in [2.05, 4.69) is 25.8 Å². The summed E-state index contributed by atoms with van der Waals surface area (Å²) in [5, 5.41) is 15.4. The first-order valence-corrected chi connectivity index (χ1v) is 8.21. The molecule has 0 aliphatic heterocycles. The van der Waals surface area contributed by atoms with E-state index in [9.17, 15) is 0 Å². The second-order valence-electron chi connectivity index (χ2n) is 4.89. The maximum Gasteiger partial charge on any atom is 0.249 e. The Kier molecular flexibility index (Phi) is 5.43. The van der Waals surface area contributed by atoms with Gasteiger partial charge in [-0.05, 0) is 36.4 Å². The largest absolute Gasteiger partial charge is 0.495 e. The molecule has 3 rings (SSSR count). The number of hydrogen-bond acceptors (Lipinski definition) is 6. The number of hydrogen-bond donors (Lipinski definition) is 2. The topological polar surface area (TPSA) is 72.0 Å². The lowest BCUT2D eigenvalue weighted by atomic mass is 10.3. The van der Waals surface area contributed by atoms with Crippen molar-refractivity contribution in [2.45, 2.75) is 0 Å². The Morgan fingerprint density at radius 2 is 1.80 bits per heavy atom. The number of nitrogens with one attached hydrogen (secondary N) is 2. The molecule has 0 atom stereocenters. The van der Waals surface area contributed by atoms with Gasteiger partial charge in [-0.25, -0.2) is 0 Å². The number of benzene rings is 2. The molecule has 3 aromatic rings. The van der Waals surface area contributed by atoms with E-state index < -0.39 is 0 Å². The van der Waals surface area contributed by atoms with Gasteiger partial charge in [-0.1, -0.05) is 34.8 Å². The summed E-state index contributed by atoms with van der Waals surface area (Å²) < 4.78 is 5.13. The molecule has 1 heterocycles. The summed E-state index contributed by atoms with van der Waals surface area (Å²) in [6.45, 7) is 0. The SMILES string of the molecule is COc1ccc(Nc2cnnc(Nc3cc(Cl)ccc3Cl)n2)cc1Cl. The van der Waals surface area contributed by atoms with E-state index >= 15 is 0 Å². The third kappa shape index (κ3) is 4.42. The lowest BCUT2D eigenvalue weighted by Gasteiger charge is -2.10. The predicted molar refractivity (Wildman–Crippen MR) is 101 cm³/mol. The number of anilines is 4. The van der Waals surface area contributed by atoms with Crippen LogP contribution in [0.2, 0.25) is 15.1 Å². The van der Waals surface area contributed by atoms with Gasteiger partial charge in [0.1, 0.15) is 5.75 Å². The quantitative estimate of drug-likeness (QED) is 0.607. The van der Waals surface area contributed by atoms with Crippen LogP contribution in [0.15, 0.2) is 42.6 Å². The minimum atomic E-state index is 0.272. The fraction of sp³-hybridized carbons (Fsp3) is 0.0625. The lowest BCUT2D eigenvalue weighted by molar-refractivity contribution is 0.415. The highest BCUT2D eigenvalue weighted by Crippen LogP contribution is 2.29. The maximum absolute atomic E-state index is 6.12.